The summed E-state index contributed by atoms with van der Waals surface area (Å²) in [6.45, 7) is 1.89. The first-order valence-electron chi connectivity index (χ1n) is 4.84. The van der Waals surface area contributed by atoms with E-state index in [4.69, 9.17) is 17.2 Å². The van der Waals surface area contributed by atoms with Gasteiger partial charge in [0.15, 0.2) is 5.16 Å². The molecular weight excluding hydrogens is 236 g/mol. The minimum atomic E-state index is 0.333. The Balaban J connectivity index is 2.28. The Morgan fingerprint density at radius 2 is 1.71 bits per heavy atom. The number of hydrogen-bond donors (Lipinski definition) is 3. The number of nitrogens with two attached hydrogens (primary N) is 3. The van der Waals surface area contributed by atoms with Crippen LogP contribution in [-0.4, -0.2) is 15.0 Å². The molecule has 2 aromatic rings. The highest BCUT2D eigenvalue weighted by atomic mass is 32.2. The van der Waals surface area contributed by atoms with E-state index in [1.807, 2.05) is 6.92 Å². The lowest BCUT2D eigenvalue weighted by Crippen LogP contribution is -1.99. The Hall–Kier alpha value is -2.02. The molecule has 0 aliphatic heterocycles. The molecule has 17 heavy (non-hydrogen) atoms. The maximum atomic E-state index is 5.79. The third-order valence-electron chi connectivity index (χ3n) is 2.06. The summed E-state index contributed by atoms with van der Waals surface area (Å²) in [7, 11) is 0. The predicted octanol–water partition coefficient (Wildman–Crippen LogP) is 1.08. The smallest absolute Gasteiger partial charge is 0.197 e. The van der Waals surface area contributed by atoms with Crippen molar-refractivity contribution in [3.8, 4) is 0 Å². The van der Waals surface area contributed by atoms with Gasteiger partial charge in [0.05, 0.1) is 0 Å². The number of aromatic nitrogens is 3. The van der Waals surface area contributed by atoms with E-state index >= 15 is 0 Å². The number of nitrogens with zero attached hydrogens (tertiary/aromatic N) is 3. The van der Waals surface area contributed by atoms with Gasteiger partial charge >= 0.3 is 0 Å². The van der Waals surface area contributed by atoms with Crippen molar-refractivity contribution >= 4 is 29.1 Å². The van der Waals surface area contributed by atoms with Crippen molar-refractivity contribution in [3.05, 3.63) is 23.9 Å². The molecule has 0 fully saturated rings. The van der Waals surface area contributed by atoms with Crippen LogP contribution < -0.4 is 17.2 Å². The van der Waals surface area contributed by atoms with Crippen molar-refractivity contribution in [1.82, 2.24) is 15.0 Å². The second-order valence-electron chi connectivity index (χ2n) is 3.48. The number of aryl methyl sites for hydroxylation is 1. The van der Waals surface area contributed by atoms with Crippen LogP contribution in [0, 0.1) is 6.92 Å². The van der Waals surface area contributed by atoms with Gasteiger partial charge in [0.25, 0.3) is 0 Å². The molecule has 88 valence electrons. The van der Waals surface area contributed by atoms with Crippen molar-refractivity contribution in [3.63, 3.8) is 0 Å². The number of rotatable bonds is 2. The van der Waals surface area contributed by atoms with Gasteiger partial charge in [-0.15, -0.1) is 0 Å². The van der Waals surface area contributed by atoms with Crippen molar-refractivity contribution in [2.75, 3.05) is 17.2 Å². The molecule has 0 radical (unpaired) electrons. The van der Waals surface area contributed by atoms with E-state index in [1.165, 1.54) is 17.8 Å². The number of pyridine rings is 1. The molecule has 0 saturated heterocycles. The number of anilines is 3. The van der Waals surface area contributed by atoms with Crippen molar-refractivity contribution in [2.24, 2.45) is 0 Å². The summed E-state index contributed by atoms with van der Waals surface area (Å²) in [5.74, 6) is 0.667. The first-order chi connectivity index (χ1) is 8.04. The second kappa shape index (κ2) is 4.46. The van der Waals surface area contributed by atoms with Gasteiger partial charge in [-0.25, -0.2) is 15.0 Å². The zero-order valence-corrected chi connectivity index (χ0v) is 10.0. The van der Waals surface area contributed by atoms with Crippen molar-refractivity contribution < 1.29 is 0 Å². The molecule has 7 heteroatoms. The molecule has 0 spiro atoms. The molecular formula is C10H12N6S. The summed E-state index contributed by atoms with van der Waals surface area (Å²) in [5, 5.41) is 1.16. The minimum absolute atomic E-state index is 0.333. The molecule has 0 atom stereocenters. The van der Waals surface area contributed by atoms with Crippen LogP contribution >= 0.6 is 11.8 Å². The molecule has 0 amide bonds. The molecule has 0 saturated carbocycles. The summed E-state index contributed by atoms with van der Waals surface area (Å²) in [4.78, 5) is 12.3. The first kappa shape index (κ1) is 11.5. The standard InChI is InChI=1S/C10H12N6S/c1-5-4-14-9(2-6(5)11)17-10-15-7(12)3-8(13)16-10/h2-4H,1H3,(H2,11,14)(H4,12,13,15,16). The third-order valence-corrected chi connectivity index (χ3v) is 2.86. The maximum absolute atomic E-state index is 5.79. The van der Waals surface area contributed by atoms with Crippen LogP contribution in [0.5, 0.6) is 0 Å². The van der Waals surface area contributed by atoms with Gasteiger partial charge < -0.3 is 17.2 Å². The topological polar surface area (TPSA) is 117 Å². The summed E-state index contributed by atoms with van der Waals surface area (Å²) in [6.07, 6.45) is 1.70. The number of nitrogen functional groups attached to an aromatic ring is 3. The zero-order chi connectivity index (χ0) is 12.4. The Morgan fingerprint density at radius 1 is 1.06 bits per heavy atom. The number of hydrogen-bond acceptors (Lipinski definition) is 7. The molecule has 0 aliphatic rings. The highest BCUT2D eigenvalue weighted by Crippen LogP contribution is 2.26. The first-order valence-corrected chi connectivity index (χ1v) is 5.66. The van der Waals surface area contributed by atoms with Gasteiger partial charge in [-0.05, 0) is 30.3 Å². The zero-order valence-electron chi connectivity index (χ0n) is 9.21. The lowest BCUT2D eigenvalue weighted by molar-refractivity contribution is 0.976. The summed E-state index contributed by atoms with van der Waals surface area (Å²) < 4.78 is 0. The van der Waals surface area contributed by atoms with Crippen LogP contribution in [0.15, 0.2) is 28.5 Å². The van der Waals surface area contributed by atoms with E-state index in [-0.39, 0.29) is 0 Å². The fourth-order valence-electron chi connectivity index (χ4n) is 1.18. The van der Waals surface area contributed by atoms with Crippen LogP contribution in [0.25, 0.3) is 0 Å². The maximum Gasteiger partial charge on any atom is 0.197 e. The highest BCUT2D eigenvalue weighted by molar-refractivity contribution is 7.99. The summed E-state index contributed by atoms with van der Waals surface area (Å²) in [5.41, 5.74) is 18.6. The van der Waals surface area contributed by atoms with E-state index in [9.17, 15) is 0 Å². The van der Waals surface area contributed by atoms with Gasteiger partial charge in [-0.3, -0.25) is 0 Å². The van der Waals surface area contributed by atoms with Gasteiger partial charge in [-0.1, -0.05) is 0 Å². The van der Waals surface area contributed by atoms with E-state index in [2.05, 4.69) is 15.0 Å². The molecule has 0 unspecified atom stereocenters. The molecule has 0 aliphatic carbocycles. The molecule has 0 bridgehead atoms. The monoisotopic (exact) mass is 248 g/mol. The molecule has 2 aromatic heterocycles. The van der Waals surface area contributed by atoms with Gasteiger partial charge in [0, 0.05) is 18.0 Å². The fourth-order valence-corrected chi connectivity index (χ4v) is 1.96. The molecule has 0 aromatic carbocycles. The van der Waals surface area contributed by atoms with E-state index in [0.717, 1.165) is 5.56 Å². The van der Waals surface area contributed by atoms with E-state index in [0.29, 0.717) is 27.5 Å². The summed E-state index contributed by atoms with van der Waals surface area (Å²) >= 11 is 1.27. The Morgan fingerprint density at radius 3 is 2.29 bits per heavy atom. The quantitative estimate of drug-likeness (QED) is 0.680. The van der Waals surface area contributed by atoms with Crippen LogP contribution in [0.4, 0.5) is 17.3 Å². The average Bonchev–Trinajstić information content (AvgIpc) is 2.22. The Kier molecular flexibility index (Phi) is 3.01. The lowest BCUT2D eigenvalue weighted by atomic mass is 10.3. The molecule has 2 rings (SSSR count). The van der Waals surface area contributed by atoms with Gasteiger partial charge in [0.2, 0.25) is 0 Å². The highest BCUT2D eigenvalue weighted by Gasteiger charge is 2.05. The largest absolute Gasteiger partial charge is 0.398 e. The predicted molar refractivity (Wildman–Crippen MR) is 68.4 cm³/mol. The fraction of sp³-hybridized carbons (Fsp3) is 0.100. The normalized spacial score (nSPS) is 10.4. The molecule has 2 heterocycles. The Bertz CT molecular complexity index is 536. The van der Waals surface area contributed by atoms with Crippen LogP contribution in [0.2, 0.25) is 0 Å². The Labute approximate surface area is 103 Å². The van der Waals surface area contributed by atoms with Crippen LogP contribution in [0.3, 0.4) is 0 Å². The third kappa shape index (κ3) is 2.76. The molecule has 6 nitrogen and oxygen atoms in total. The average molecular weight is 248 g/mol. The van der Waals surface area contributed by atoms with Crippen molar-refractivity contribution in [2.45, 2.75) is 17.1 Å². The minimum Gasteiger partial charge on any atom is -0.398 e. The van der Waals surface area contributed by atoms with Gasteiger partial charge in [-0.2, -0.15) is 0 Å². The summed E-state index contributed by atoms with van der Waals surface area (Å²) in [6, 6.07) is 3.27. The van der Waals surface area contributed by atoms with Crippen LogP contribution in [0.1, 0.15) is 5.56 Å². The van der Waals surface area contributed by atoms with E-state index in [1.54, 1.807) is 12.3 Å². The molecule has 6 N–H and O–H groups in total. The lowest BCUT2D eigenvalue weighted by Gasteiger charge is -2.04. The van der Waals surface area contributed by atoms with Crippen molar-refractivity contribution in [1.29, 1.82) is 0 Å². The second-order valence-corrected chi connectivity index (χ2v) is 4.47. The van der Waals surface area contributed by atoms with E-state index < -0.39 is 0 Å². The van der Waals surface area contributed by atoms with Crippen LogP contribution in [-0.2, 0) is 0 Å². The van der Waals surface area contributed by atoms with Gasteiger partial charge in [0.1, 0.15) is 16.7 Å². The SMILES string of the molecule is Cc1cnc(Sc2nc(N)cc(N)n2)cc1N.